The summed E-state index contributed by atoms with van der Waals surface area (Å²) in [4.78, 5) is 4.27. The quantitative estimate of drug-likeness (QED) is 0.865. The zero-order valence-electron chi connectivity index (χ0n) is 10.4. The van der Waals surface area contributed by atoms with Gasteiger partial charge in [0.25, 0.3) is 0 Å². The fourth-order valence-corrected chi connectivity index (χ4v) is 2.27. The van der Waals surface area contributed by atoms with Crippen molar-refractivity contribution in [3.63, 3.8) is 0 Å². The van der Waals surface area contributed by atoms with Crippen LogP contribution in [0, 0.1) is 6.92 Å². The molecule has 18 heavy (non-hydrogen) atoms. The van der Waals surface area contributed by atoms with Gasteiger partial charge in [0.2, 0.25) is 0 Å². The number of pyridine rings is 1. The first-order chi connectivity index (χ1) is 8.74. The Kier molecular flexibility index (Phi) is 2.76. The van der Waals surface area contributed by atoms with E-state index in [9.17, 15) is 0 Å². The molecular weight excluding hydrogens is 222 g/mol. The summed E-state index contributed by atoms with van der Waals surface area (Å²) in [6.07, 6.45) is 2.89. The van der Waals surface area contributed by atoms with E-state index in [0.29, 0.717) is 12.0 Å². The molecule has 1 saturated carbocycles. The minimum atomic E-state index is 0.341. The molecule has 1 heterocycles. The van der Waals surface area contributed by atoms with E-state index in [1.165, 1.54) is 11.1 Å². The van der Waals surface area contributed by atoms with E-state index >= 15 is 0 Å². The van der Waals surface area contributed by atoms with Gasteiger partial charge in [-0.05, 0) is 48.7 Å². The van der Waals surface area contributed by atoms with Crippen LogP contribution in [0.1, 0.15) is 23.5 Å². The maximum atomic E-state index is 5.94. The summed E-state index contributed by atoms with van der Waals surface area (Å²) in [6.45, 7) is 2.14. The van der Waals surface area contributed by atoms with E-state index in [2.05, 4.69) is 35.4 Å². The number of nitrogens with two attached hydrogens (primary N) is 1. The van der Waals surface area contributed by atoms with Crippen LogP contribution in [-0.4, -0.2) is 11.0 Å². The predicted molar refractivity (Wildman–Crippen MR) is 74.0 cm³/mol. The van der Waals surface area contributed by atoms with Gasteiger partial charge >= 0.3 is 0 Å². The standard InChI is InChI=1S/C15H17N3/c1-10-5-6-11(8-12(10)13-9-14(13)16)18-15-4-2-3-7-17-15/h2-8,13-14H,9,16H2,1H3,(H,17,18). The second-order valence-electron chi connectivity index (χ2n) is 4.92. The average Bonchev–Trinajstić information content (AvgIpc) is 3.10. The van der Waals surface area contributed by atoms with Crippen molar-refractivity contribution in [1.82, 2.24) is 4.98 Å². The first-order valence-electron chi connectivity index (χ1n) is 6.28. The third-order valence-corrected chi connectivity index (χ3v) is 3.46. The van der Waals surface area contributed by atoms with Gasteiger partial charge < -0.3 is 11.1 Å². The van der Waals surface area contributed by atoms with Gasteiger partial charge in [0.05, 0.1) is 0 Å². The predicted octanol–water partition coefficient (Wildman–Crippen LogP) is 2.95. The van der Waals surface area contributed by atoms with E-state index in [1.54, 1.807) is 6.20 Å². The minimum absolute atomic E-state index is 0.341. The van der Waals surface area contributed by atoms with Gasteiger partial charge in [0, 0.05) is 23.8 Å². The lowest BCUT2D eigenvalue weighted by molar-refractivity contribution is 0.981. The van der Waals surface area contributed by atoms with Crippen LogP contribution in [0.3, 0.4) is 0 Å². The molecule has 3 nitrogen and oxygen atoms in total. The van der Waals surface area contributed by atoms with E-state index in [0.717, 1.165) is 17.9 Å². The molecule has 1 aliphatic carbocycles. The molecule has 0 radical (unpaired) electrons. The molecule has 1 aromatic carbocycles. The van der Waals surface area contributed by atoms with Gasteiger partial charge in [0.15, 0.2) is 0 Å². The molecule has 92 valence electrons. The highest BCUT2D eigenvalue weighted by Gasteiger charge is 2.35. The molecule has 1 aromatic heterocycles. The SMILES string of the molecule is Cc1ccc(Nc2ccccn2)cc1C1CC1N. The van der Waals surface area contributed by atoms with Crippen LogP contribution in [0.25, 0.3) is 0 Å². The minimum Gasteiger partial charge on any atom is -0.340 e. The second kappa shape index (κ2) is 4.42. The third-order valence-electron chi connectivity index (χ3n) is 3.46. The van der Waals surface area contributed by atoms with Gasteiger partial charge in [-0.3, -0.25) is 0 Å². The molecule has 0 spiro atoms. The fraction of sp³-hybridized carbons (Fsp3) is 0.267. The third kappa shape index (κ3) is 2.22. The summed E-state index contributed by atoms with van der Waals surface area (Å²) in [5.74, 6) is 1.41. The number of benzene rings is 1. The Balaban J connectivity index is 1.85. The van der Waals surface area contributed by atoms with Gasteiger partial charge in [0.1, 0.15) is 5.82 Å². The highest BCUT2D eigenvalue weighted by Crippen LogP contribution is 2.41. The Morgan fingerprint density at radius 3 is 2.78 bits per heavy atom. The van der Waals surface area contributed by atoms with Crippen LogP contribution in [0.4, 0.5) is 11.5 Å². The molecule has 0 bridgehead atoms. The largest absolute Gasteiger partial charge is 0.340 e. The summed E-state index contributed by atoms with van der Waals surface area (Å²) in [5, 5.41) is 3.32. The lowest BCUT2D eigenvalue weighted by Crippen LogP contribution is -2.02. The normalized spacial score (nSPS) is 21.7. The number of rotatable bonds is 3. The van der Waals surface area contributed by atoms with Crippen molar-refractivity contribution in [2.45, 2.75) is 25.3 Å². The maximum Gasteiger partial charge on any atom is 0.130 e. The summed E-state index contributed by atoms with van der Waals surface area (Å²) >= 11 is 0. The van der Waals surface area contributed by atoms with Crippen LogP contribution in [0.2, 0.25) is 0 Å². The van der Waals surface area contributed by atoms with Crippen molar-refractivity contribution in [1.29, 1.82) is 0 Å². The van der Waals surface area contributed by atoms with E-state index < -0.39 is 0 Å². The Hall–Kier alpha value is -1.87. The highest BCUT2D eigenvalue weighted by molar-refractivity contribution is 5.59. The zero-order chi connectivity index (χ0) is 12.5. The van der Waals surface area contributed by atoms with Crippen LogP contribution >= 0.6 is 0 Å². The van der Waals surface area contributed by atoms with E-state index in [4.69, 9.17) is 5.73 Å². The van der Waals surface area contributed by atoms with Crippen molar-refractivity contribution in [2.75, 3.05) is 5.32 Å². The lowest BCUT2D eigenvalue weighted by atomic mass is 10.0. The molecule has 3 N–H and O–H groups in total. The summed E-state index contributed by atoms with van der Waals surface area (Å²) < 4.78 is 0. The van der Waals surface area contributed by atoms with Crippen molar-refractivity contribution in [3.05, 3.63) is 53.7 Å². The molecule has 2 aromatic rings. The molecule has 0 saturated heterocycles. The Bertz CT molecular complexity index is 551. The Labute approximate surface area is 107 Å². The number of nitrogens with one attached hydrogen (secondary N) is 1. The molecule has 0 amide bonds. The first-order valence-corrected chi connectivity index (χ1v) is 6.28. The fourth-order valence-electron chi connectivity index (χ4n) is 2.27. The van der Waals surface area contributed by atoms with Crippen molar-refractivity contribution in [3.8, 4) is 0 Å². The van der Waals surface area contributed by atoms with Crippen LogP contribution < -0.4 is 11.1 Å². The van der Waals surface area contributed by atoms with E-state index in [-0.39, 0.29) is 0 Å². The first kappa shape index (κ1) is 11.2. The summed E-state index contributed by atoms with van der Waals surface area (Å²) in [6, 6.07) is 12.6. The monoisotopic (exact) mass is 239 g/mol. The molecule has 1 fully saturated rings. The van der Waals surface area contributed by atoms with Crippen molar-refractivity contribution >= 4 is 11.5 Å². The number of aromatic nitrogens is 1. The van der Waals surface area contributed by atoms with Crippen LogP contribution in [0.15, 0.2) is 42.6 Å². The summed E-state index contributed by atoms with van der Waals surface area (Å²) in [5.41, 5.74) is 9.70. The molecule has 3 heteroatoms. The number of aryl methyl sites for hydroxylation is 1. The van der Waals surface area contributed by atoms with Crippen LogP contribution in [0.5, 0.6) is 0 Å². The van der Waals surface area contributed by atoms with Crippen LogP contribution in [-0.2, 0) is 0 Å². The number of nitrogens with zero attached hydrogens (tertiary/aromatic N) is 1. The highest BCUT2D eigenvalue weighted by atomic mass is 15.0. The smallest absolute Gasteiger partial charge is 0.130 e. The lowest BCUT2D eigenvalue weighted by Gasteiger charge is -2.10. The Morgan fingerprint density at radius 2 is 2.11 bits per heavy atom. The maximum absolute atomic E-state index is 5.94. The zero-order valence-corrected chi connectivity index (χ0v) is 10.4. The van der Waals surface area contributed by atoms with Gasteiger partial charge in [-0.2, -0.15) is 0 Å². The molecule has 3 rings (SSSR count). The van der Waals surface area contributed by atoms with Crippen molar-refractivity contribution in [2.24, 2.45) is 5.73 Å². The van der Waals surface area contributed by atoms with Crippen molar-refractivity contribution < 1.29 is 0 Å². The average molecular weight is 239 g/mol. The number of anilines is 2. The topological polar surface area (TPSA) is 50.9 Å². The van der Waals surface area contributed by atoms with Gasteiger partial charge in [-0.1, -0.05) is 12.1 Å². The molecular formula is C15H17N3. The Morgan fingerprint density at radius 1 is 1.28 bits per heavy atom. The summed E-state index contributed by atoms with van der Waals surface area (Å²) in [7, 11) is 0. The molecule has 1 aliphatic rings. The second-order valence-corrected chi connectivity index (χ2v) is 4.92. The van der Waals surface area contributed by atoms with E-state index in [1.807, 2.05) is 18.2 Å². The number of hydrogen-bond acceptors (Lipinski definition) is 3. The van der Waals surface area contributed by atoms with Gasteiger partial charge in [-0.25, -0.2) is 4.98 Å². The van der Waals surface area contributed by atoms with Gasteiger partial charge in [-0.15, -0.1) is 0 Å². The molecule has 2 atom stereocenters. The molecule has 0 aliphatic heterocycles. The molecule has 2 unspecified atom stereocenters. The number of hydrogen-bond donors (Lipinski definition) is 2.